The molecule has 130 valence electrons. The van der Waals surface area contributed by atoms with Crippen LogP contribution in [0.5, 0.6) is 5.75 Å². The maximum absolute atomic E-state index is 12.1. The van der Waals surface area contributed by atoms with Crippen molar-refractivity contribution in [2.24, 2.45) is 0 Å². The third-order valence-electron chi connectivity index (χ3n) is 3.09. The SMILES string of the molecule is CC(C)(CO)NC(=O)c1cc(-c2ccc(OC(F)(F)F)cc2)cs1. The number of benzene rings is 1. The summed E-state index contributed by atoms with van der Waals surface area (Å²) < 4.78 is 40.2. The number of nitrogens with one attached hydrogen (secondary N) is 1. The molecule has 0 aliphatic heterocycles. The molecule has 0 spiro atoms. The lowest BCUT2D eigenvalue weighted by atomic mass is 10.1. The number of carbonyl (C=O) groups is 1. The van der Waals surface area contributed by atoms with Gasteiger partial charge in [-0.05, 0) is 48.6 Å². The van der Waals surface area contributed by atoms with E-state index in [1.165, 1.54) is 35.6 Å². The molecule has 0 aliphatic rings. The maximum atomic E-state index is 12.1. The molecular formula is C16H16F3NO3S. The van der Waals surface area contributed by atoms with Crippen LogP contribution in [-0.2, 0) is 0 Å². The van der Waals surface area contributed by atoms with E-state index < -0.39 is 11.9 Å². The lowest BCUT2D eigenvalue weighted by molar-refractivity contribution is -0.274. The summed E-state index contributed by atoms with van der Waals surface area (Å²) >= 11 is 1.21. The molecule has 0 unspecified atom stereocenters. The fraction of sp³-hybridized carbons (Fsp3) is 0.312. The Labute approximate surface area is 140 Å². The molecule has 0 atom stereocenters. The van der Waals surface area contributed by atoms with E-state index in [1.807, 2.05) is 0 Å². The smallest absolute Gasteiger partial charge is 0.406 e. The second-order valence-corrected chi connectivity index (χ2v) is 6.68. The van der Waals surface area contributed by atoms with Crippen LogP contribution in [0.4, 0.5) is 13.2 Å². The normalized spacial score (nSPS) is 12.1. The van der Waals surface area contributed by atoms with Crippen molar-refractivity contribution in [1.82, 2.24) is 5.32 Å². The van der Waals surface area contributed by atoms with Crippen LogP contribution in [0.3, 0.4) is 0 Å². The van der Waals surface area contributed by atoms with Crippen molar-refractivity contribution < 1.29 is 27.8 Å². The minimum absolute atomic E-state index is 0.197. The topological polar surface area (TPSA) is 58.6 Å². The van der Waals surface area contributed by atoms with Crippen molar-refractivity contribution >= 4 is 17.2 Å². The molecule has 1 aromatic carbocycles. The molecule has 8 heteroatoms. The maximum Gasteiger partial charge on any atom is 0.573 e. The average Bonchev–Trinajstić information content (AvgIpc) is 2.96. The second-order valence-electron chi connectivity index (χ2n) is 5.77. The predicted molar refractivity (Wildman–Crippen MR) is 85.1 cm³/mol. The minimum atomic E-state index is -4.73. The number of rotatable bonds is 5. The molecule has 0 saturated carbocycles. The Hall–Kier alpha value is -2.06. The fourth-order valence-corrected chi connectivity index (χ4v) is 2.68. The van der Waals surface area contributed by atoms with Gasteiger partial charge in [0.15, 0.2) is 0 Å². The Morgan fingerprint density at radius 1 is 1.21 bits per heavy atom. The highest BCUT2D eigenvalue weighted by atomic mass is 32.1. The first kappa shape index (κ1) is 18.3. The number of hydrogen-bond donors (Lipinski definition) is 2. The molecule has 0 bridgehead atoms. The van der Waals surface area contributed by atoms with Gasteiger partial charge in [-0.1, -0.05) is 12.1 Å². The first-order chi connectivity index (χ1) is 11.1. The van der Waals surface area contributed by atoms with E-state index in [0.29, 0.717) is 16.0 Å². The minimum Gasteiger partial charge on any atom is -0.406 e. The Balaban J connectivity index is 2.12. The number of hydrogen-bond acceptors (Lipinski definition) is 4. The largest absolute Gasteiger partial charge is 0.573 e. The number of ether oxygens (including phenoxy) is 1. The standard InChI is InChI=1S/C16H16F3NO3S/c1-15(2,9-21)20-14(22)13-7-11(8-24-13)10-3-5-12(6-4-10)23-16(17,18)19/h3-8,21H,9H2,1-2H3,(H,20,22). The highest BCUT2D eigenvalue weighted by molar-refractivity contribution is 7.12. The number of halogens is 3. The molecule has 1 aromatic heterocycles. The summed E-state index contributed by atoms with van der Waals surface area (Å²) in [6, 6.07) is 7.06. The first-order valence-electron chi connectivity index (χ1n) is 6.98. The average molecular weight is 359 g/mol. The first-order valence-corrected chi connectivity index (χ1v) is 7.86. The van der Waals surface area contributed by atoms with Gasteiger partial charge >= 0.3 is 6.36 Å². The van der Waals surface area contributed by atoms with Gasteiger partial charge in [-0.15, -0.1) is 24.5 Å². The highest BCUT2D eigenvalue weighted by Gasteiger charge is 2.31. The zero-order valence-corrected chi connectivity index (χ0v) is 13.8. The van der Waals surface area contributed by atoms with Crippen LogP contribution >= 0.6 is 11.3 Å². The van der Waals surface area contributed by atoms with Gasteiger partial charge in [-0.3, -0.25) is 4.79 Å². The van der Waals surface area contributed by atoms with Crippen molar-refractivity contribution in [3.63, 3.8) is 0 Å². The van der Waals surface area contributed by atoms with Gasteiger partial charge < -0.3 is 15.2 Å². The molecule has 2 aromatic rings. The number of aliphatic hydroxyl groups is 1. The van der Waals surface area contributed by atoms with Crippen LogP contribution in [0.15, 0.2) is 35.7 Å². The molecule has 2 rings (SSSR count). The predicted octanol–water partition coefficient (Wildman–Crippen LogP) is 3.81. The fourth-order valence-electron chi connectivity index (χ4n) is 1.86. The summed E-state index contributed by atoms with van der Waals surface area (Å²) in [6.07, 6.45) is -4.73. The summed E-state index contributed by atoms with van der Waals surface area (Å²) in [5, 5.41) is 13.6. The van der Waals surface area contributed by atoms with Gasteiger partial charge in [0, 0.05) is 0 Å². The molecule has 1 heterocycles. The van der Waals surface area contributed by atoms with Crippen LogP contribution in [0.2, 0.25) is 0 Å². The molecule has 0 saturated heterocycles. The second kappa shape index (κ2) is 6.82. The van der Waals surface area contributed by atoms with Crippen molar-refractivity contribution in [2.75, 3.05) is 6.61 Å². The van der Waals surface area contributed by atoms with E-state index in [0.717, 1.165) is 0 Å². The van der Waals surface area contributed by atoms with Crippen molar-refractivity contribution in [2.45, 2.75) is 25.7 Å². The third-order valence-corrected chi connectivity index (χ3v) is 4.02. The molecule has 0 fully saturated rings. The summed E-state index contributed by atoms with van der Waals surface area (Å²) in [6.45, 7) is 3.19. The Morgan fingerprint density at radius 2 is 1.83 bits per heavy atom. The van der Waals surface area contributed by atoms with Gasteiger partial charge in [0.2, 0.25) is 0 Å². The molecule has 2 N–H and O–H groups in total. The lowest BCUT2D eigenvalue weighted by Gasteiger charge is -2.22. The quantitative estimate of drug-likeness (QED) is 0.853. The van der Waals surface area contributed by atoms with E-state index in [-0.39, 0.29) is 18.3 Å². The number of aliphatic hydroxyl groups excluding tert-OH is 1. The summed E-state index contributed by atoms with van der Waals surface area (Å²) in [7, 11) is 0. The van der Waals surface area contributed by atoms with Crippen LogP contribution < -0.4 is 10.1 Å². The molecular weight excluding hydrogens is 343 g/mol. The lowest BCUT2D eigenvalue weighted by Crippen LogP contribution is -2.46. The molecule has 1 amide bonds. The third kappa shape index (κ3) is 4.97. The van der Waals surface area contributed by atoms with Crippen LogP contribution in [0.1, 0.15) is 23.5 Å². The van der Waals surface area contributed by atoms with Gasteiger partial charge in [0.25, 0.3) is 5.91 Å². The molecule has 0 radical (unpaired) electrons. The molecule has 4 nitrogen and oxygen atoms in total. The van der Waals surface area contributed by atoms with Crippen molar-refractivity contribution in [1.29, 1.82) is 0 Å². The van der Waals surface area contributed by atoms with E-state index in [2.05, 4.69) is 10.1 Å². The number of carbonyl (C=O) groups excluding carboxylic acids is 1. The van der Waals surface area contributed by atoms with Gasteiger partial charge in [0.1, 0.15) is 5.75 Å². The van der Waals surface area contributed by atoms with E-state index in [4.69, 9.17) is 0 Å². The van der Waals surface area contributed by atoms with E-state index in [1.54, 1.807) is 25.3 Å². The monoisotopic (exact) mass is 359 g/mol. The Kier molecular flexibility index (Phi) is 5.19. The van der Waals surface area contributed by atoms with Crippen LogP contribution in [0.25, 0.3) is 11.1 Å². The van der Waals surface area contributed by atoms with Gasteiger partial charge in [0.05, 0.1) is 17.0 Å². The number of thiophene rings is 1. The van der Waals surface area contributed by atoms with E-state index >= 15 is 0 Å². The van der Waals surface area contributed by atoms with E-state index in [9.17, 15) is 23.1 Å². The number of amides is 1. The van der Waals surface area contributed by atoms with Gasteiger partial charge in [-0.2, -0.15) is 0 Å². The summed E-state index contributed by atoms with van der Waals surface area (Å²) in [5.41, 5.74) is 0.643. The number of alkyl halides is 3. The zero-order chi connectivity index (χ0) is 18.0. The Bertz CT molecular complexity index is 708. The summed E-state index contributed by atoms with van der Waals surface area (Å²) in [4.78, 5) is 12.6. The van der Waals surface area contributed by atoms with Gasteiger partial charge in [-0.25, -0.2) is 0 Å². The Morgan fingerprint density at radius 3 is 2.38 bits per heavy atom. The molecule has 0 aliphatic carbocycles. The van der Waals surface area contributed by atoms with Crippen LogP contribution in [-0.4, -0.2) is 29.5 Å². The van der Waals surface area contributed by atoms with Crippen molar-refractivity contribution in [3.8, 4) is 16.9 Å². The van der Waals surface area contributed by atoms with Crippen molar-refractivity contribution in [3.05, 3.63) is 40.6 Å². The van der Waals surface area contributed by atoms with Crippen LogP contribution in [0, 0.1) is 0 Å². The summed E-state index contributed by atoms with van der Waals surface area (Å²) in [5.74, 6) is -0.619. The molecule has 24 heavy (non-hydrogen) atoms. The zero-order valence-electron chi connectivity index (χ0n) is 13.0. The highest BCUT2D eigenvalue weighted by Crippen LogP contribution is 2.29.